The molecular formula is C9H9N5S. The quantitative estimate of drug-likeness (QED) is 0.613. The molecule has 0 radical (unpaired) electrons. The van der Waals surface area contributed by atoms with Crippen molar-refractivity contribution in [1.82, 2.24) is 19.6 Å². The van der Waals surface area contributed by atoms with Gasteiger partial charge in [0.05, 0.1) is 12.7 Å². The highest BCUT2D eigenvalue weighted by Gasteiger charge is 2.06. The summed E-state index contributed by atoms with van der Waals surface area (Å²) in [6.45, 7) is 0.416. The van der Waals surface area contributed by atoms with Gasteiger partial charge in [-0.2, -0.15) is 14.6 Å². The van der Waals surface area contributed by atoms with Crippen LogP contribution in [-0.2, 0) is 0 Å². The van der Waals surface area contributed by atoms with Crippen molar-refractivity contribution in [3.8, 4) is 12.3 Å². The van der Waals surface area contributed by atoms with Crippen molar-refractivity contribution in [3.63, 3.8) is 0 Å². The summed E-state index contributed by atoms with van der Waals surface area (Å²) < 4.78 is 1.62. The zero-order valence-electron chi connectivity index (χ0n) is 8.14. The van der Waals surface area contributed by atoms with Crippen molar-refractivity contribution in [2.24, 2.45) is 0 Å². The molecule has 0 aliphatic heterocycles. The van der Waals surface area contributed by atoms with Gasteiger partial charge in [0.2, 0.25) is 5.95 Å². The Bertz CT molecular complexity index is 513. The highest BCUT2D eigenvalue weighted by atomic mass is 32.2. The lowest BCUT2D eigenvalue weighted by Crippen LogP contribution is -2.09. The molecule has 0 unspecified atom stereocenters. The lowest BCUT2D eigenvalue weighted by atomic mass is 10.6. The minimum atomic E-state index is 0.416. The number of terminal acetylenes is 1. The number of rotatable bonds is 3. The third-order valence-electron chi connectivity index (χ3n) is 1.77. The average Bonchev–Trinajstić information content (AvgIpc) is 2.73. The Morgan fingerprint density at radius 2 is 2.47 bits per heavy atom. The molecular weight excluding hydrogens is 210 g/mol. The zero-order chi connectivity index (χ0) is 10.7. The average molecular weight is 219 g/mol. The normalized spacial score (nSPS) is 10.1. The van der Waals surface area contributed by atoms with E-state index in [0.717, 1.165) is 5.65 Å². The van der Waals surface area contributed by atoms with Gasteiger partial charge < -0.3 is 5.32 Å². The van der Waals surface area contributed by atoms with E-state index in [4.69, 9.17) is 6.42 Å². The van der Waals surface area contributed by atoms with E-state index in [1.54, 1.807) is 10.7 Å². The molecule has 15 heavy (non-hydrogen) atoms. The topological polar surface area (TPSA) is 55.1 Å². The summed E-state index contributed by atoms with van der Waals surface area (Å²) in [5.41, 5.74) is 0.758. The number of hydrogen-bond donors (Lipinski definition) is 1. The van der Waals surface area contributed by atoms with Crippen molar-refractivity contribution in [1.29, 1.82) is 0 Å². The van der Waals surface area contributed by atoms with E-state index in [0.29, 0.717) is 17.6 Å². The molecule has 0 saturated carbocycles. The molecule has 0 atom stereocenters. The summed E-state index contributed by atoms with van der Waals surface area (Å²) in [6.07, 6.45) is 8.78. The highest BCUT2D eigenvalue weighted by Crippen LogP contribution is 2.13. The van der Waals surface area contributed by atoms with Gasteiger partial charge in [0.15, 0.2) is 10.8 Å². The maximum Gasteiger partial charge on any atom is 0.229 e. The number of thioether (sulfide) groups is 1. The molecule has 2 aromatic rings. The number of hydrogen-bond acceptors (Lipinski definition) is 5. The van der Waals surface area contributed by atoms with Crippen LogP contribution in [0.1, 0.15) is 0 Å². The second-order valence-corrected chi connectivity index (χ2v) is 3.47. The molecule has 1 N–H and O–H groups in total. The molecule has 0 aliphatic rings. The monoisotopic (exact) mass is 219 g/mol. The van der Waals surface area contributed by atoms with E-state index in [2.05, 4.69) is 26.3 Å². The summed E-state index contributed by atoms with van der Waals surface area (Å²) in [5.74, 6) is 3.11. The summed E-state index contributed by atoms with van der Waals surface area (Å²) in [6, 6.07) is 1.82. The second-order valence-electron chi connectivity index (χ2n) is 2.69. The second kappa shape index (κ2) is 4.19. The van der Waals surface area contributed by atoms with Gasteiger partial charge in [0.25, 0.3) is 0 Å². The summed E-state index contributed by atoms with van der Waals surface area (Å²) in [4.78, 5) is 8.56. The molecule has 5 nitrogen and oxygen atoms in total. The summed E-state index contributed by atoms with van der Waals surface area (Å²) in [7, 11) is 0. The maximum atomic E-state index is 5.18. The predicted octanol–water partition coefficient (Wildman–Crippen LogP) is 0.891. The Morgan fingerprint density at radius 1 is 1.60 bits per heavy atom. The summed E-state index contributed by atoms with van der Waals surface area (Å²) >= 11 is 1.48. The van der Waals surface area contributed by atoms with Gasteiger partial charge >= 0.3 is 0 Å². The van der Waals surface area contributed by atoms with Crippen molar-refractivity contribution in [3.05, 3.63) is 12.3 Å². The van der Waals surface area contributed by atoms with Gasteiger partial charge in [0, 0.05) is 6.07 Å². The van der Waals surface area contributed by atoms with Gasteiger partial charge in [-0.3, -0.25) is 0 Å². The first-order chi connectivity index (χ1) is 7.35. The van der Waals surface area contributed by atoms with Gasteiger partial charge in [-0.25, -0.2) is 4.98 Å². The third kappa shape index (κ3) is 1.87. The summed E-state index contributed by atoms with van der Waals surface area (Å²) in [5, 5.41) is 7.79. The van der Waals surface area contributed by atoms with Crippen LogP contribution in [0.3, 0.4) is 0 Å². The molecule has 2 aromatic heterocycles. The van der Waals surface area contributed by atoms with Gasteiger partial charge in [-0.1, -0.05) is 17.7 Å². The fourth-order valence-electron chi connectivity index (χ4n) is 1.14. The van der Waals surface area contributed by atoms with Crippen LogP contribution in [0.4, 0.5) is 5.95 Å². The van der Waals surface area contributed by atoms with Crippen LogP contribution in [0, 0.1) is 12.3 Å². The van der Waals surface area contributed by atoms with Crippen molar-refractivity contribution in [2.45, 2.75) is 5.16 Å². The smallest absolute Gasteiger partial charge is 0.229 e. The molecule has 0 spiro atoms. The predicted molar refractivity (Wildman–Crippen MR) is 59.9 cm³/mol. The molecule has 0 saturated heterocycles. The van der Waals surface area contributed by atoms with Crippen LogP contribution in [0.5, 0.6) is 0 Å². The number of fused-ring (bicyclic) bond motifs is 1. The van der Waals surface area contributed by atoms with Crippen molar-refractivity contribution < 1.29 is 0 Å². The lowest BCUT2D eigenvalue weighted by molar-refractivity contribution is 0.840. The maximum absolute atomic E-state index is 5.18. The van der Waals surface area contributed by atoms with Crippen LogP contribution in [0.25, 0.3) is 5.65 Å². The van der Waals surface area contributed by atoms with Crippen LogP contribution >= 0.6 is 11.8 Å². The number of nitrogens with zero attached hydrogens (tertiary/aromatic N) is 4. The molecule has 0 bridgehead atoms. The van der Waals surface area contributed by atoms with Crippen molar-refractivity contribution in [2.75, 3.05) is 18.1 Å². The fourth-order valence-corrected chi connectivity index (χ4v) is 1.50. The van der Waals surface area contributed by atoms with Crippen molar-refractivity contribution >= 4 is 23.4 Å². The van der Waals surface area contributed by atoms with Crippen LogP contribution < -0.4 is 5.32 Å². The van der Waals surface area contributed by atoms with E-state index in [1.165, 1.54) is 11.8 Å². The van der Waals surface area contributed by atoms with Crippen LogP contribution in [0.2, 0.25) is 0 Å². The molecule has 6 heteroatoms. The van der Waals surface area contributed by atoms with Crippen LogP contribution in [0.15, 0.2) is 17.4 Å². The van der Waals surface area contributed by atoms with Crippen LogP contribution in [-0.4, -0.2) is 32.4 Å². The molecule has 76 valence electrons. The number of anilines is 1. The van der Waals surface area contributed by atoms with E-state index in [1.807, 2.05) is 12.3 Å². The largest absolute Gasteiger partial charge is 0.343 e. The standard InChI is InChI=1S/C9H9N5S/c1-3-5-10-8-13-9(15-2)12-7-4-6-11-14(7)8/h1,4,6H,5H2,2H3,(H,10,12,13). The number of nitrogens with one attached hydrogen (secondary N) is 1. The first-order valence-corrected chi connectivity index (χ1v) is 5.50. The number of aromatic nitrogens is 4. The lowest BCUT2D eigenvalue weighted by Gasteiger charge is -2.05. The Balaban J connectivity index is 2.49. The molecule has 0 aromatic carbocycles. The zero-order valence-corrected chi connectivity index (χ0v) is 8.95. The van der Waals surface area contributed by atoms with E-state index < -0.39 is 0 Å². The Morgan fingerprint density at radius 3 is 3.20 bits per heavy atom. The Labute approximate surface area is 91.3 Å². The highest BCUT2D eigenvalue weighted by molar-refractivity contribution is 7.98. The fraction of sp³-hybridized carbons (Fsp3) is 0.222. The van der Waals surface area contributed by atoms with Gasteiger partial charge in [-0.15, -0.1) is 6.42 Å². The van der Waals surface area contributed by atoms with Gasteiger partial charge in [0.1, 0.15) is 0 Å². The molecule has 0 aliphatic carbocycles. The Kier molecular flexibility index (Phi) is 2.74. The molecule has 0 amide bonds. The first kappa shape index (κ1) is 9.80. The first-order valence-electron chi connectivity index (χ1n) is 4.28. The van der Waals surface area contributed by atoms with E-state index >= 15 is 0 Å². The minimum absolute atomic E-state index is 0.416. The Hall–Kier alpha value is -1.74. The van der Waals surface area contributed by atoms with E-state index in [9.17, 15) is 0 Å². The van der Waals surface area contributed by atoms with Gasteiger partial charge in [-0.05, 0) is 6.26 Å². The molecule has 0 fully saturated rings. The SMILES string of the molecule is C#CCNc1nc(SC)nc2ccnn12. The molecule has 2 rings (SSSR count). The third-order valence-corrected chi connectivity index (χ3v) is 2.31. The molecule has 2 heterocycles. The van der Waals surface area contributed by atoms with E-state index in [-0.39, 0.29) is 0 Å². The minimum Gasteiger partial charge on any atom is -0.343 e.